The number of nitrogens with zero attached hydrogens (tertiary/aromatic N) is 2. The van der Waals surface area contributed by atoms with Crippen molar-refractivity contribution < 1.29 is 0 Å². The molecule has 0 aliphatic heterocycles. The van der Waals surface area contributed by atoms with Crippen LogP contribution >= 0.6 is 11.6 Å². The van der Waals surface area contributed by atoms with E-state index in [2.05, 4.69) is 16.8 Å². The van der Waals surface area contributed by atoms with Crippen LogP contribution in [-0.2, 0) is 0 Å². The summed E-state index contributed by atoms with van der Waals surface area (Å²) >= 11 is 6.09. The first-order valence-corrected chi connectivity index (χ1v) is 5.28. The third-order valence-electron chi connectivity index (χ3n) is 2.44. The molecule has 14 heavy (non-hydrogen) atoms. The van der Waals surface area contributed by atoms with Gasteiger partial charge in [0.15, 0.2) is 0 Å². The molecular weight excluding hydrogens is 198 g/mol. The van der Waals surface area contributed by atoms with Gasteiger partial charge in [-0.3, -0.25) is 0 Å². The van der Waals surface area contributed by atoms with Gasteiger partial charge in [-0.1, -0.05) is 11.6 Å². The van der Waals surface area contributed by atoms with E-state index in [0.29, 0.717) is 16.8 Å². The first-order chi connectivity index (χ1) is 6.72. The SMILES string of the molecule is CCN(c1ncc(N)cc1Cl)C1CC1. The Balaban J connectivity index is 2.29. The fourth-order valence-corrected chi connectivity index (χ4v) is 1.91. The minimum absolute atomic E-state index is 0.616. The second-order valence-corrected chi connectivity index (χ2v) is 4.00. The molecule has 0 spiro atoms. The molecule has 1 fully saturated rings. The molecule has 3 nitrogen and oxygen atoms in total. The van der Waals surface area contributed by atoms with E-state index in [4.69, 9.17) is 17.3 Å². The zero-order valence-corrected chi connectivity index (χ0v) is 8.96. The summed E-state index contributed by atoms with van der Waals surface area (Å²) in [6.45, 7) is 3.06. The van der Waals surface area contributed by atoms with E-state index >= 15 is 0 Å². The lowest BCUT2D eigenvalue weighted by molar-refractivity contribution is 0.809. The van der Waals surface area contributed by atoms with Gasteiger partial charge in [-0.15, -0.1) is 0 Å². The monoisotopic (exact) mass is 211 g/mol. The quantitative estimate of drug-likeness (QED) is 0.835. The van der Waals surface area contributed by atoms with Gasteiger partial charge in [0.05, 0.1) is 16.9 Å². The molecule has 1 aromatic rings. The van der Waals surface area contributed by atoms with E-state index in [1.54, 1.807) is 12.3 Å². The van der Waals surface area contributed by atoms with Crippen molar-refractivity contribution >= 4 is 23.1 Å². The van der Waals surface area contributed by atoms with Gasteiger partial charge in [-0.2, -0.15) is 0 Å². The topological polar surface area (TPSA) is 42.2 Å². The highest BCUT2D eigenvalue weighted by molar-refractivity contribution is 6.33. The molecular formula is C10H14ClN3. The van der Waals surface area contributed by atoms with E-state index < -0.39 is 0 Å². The number of pyridine rings is 1. The molecule has 1 aliphatic carbocycles. The van der Waals surface area contributed by atoms with Crippen molar-refractivity contribution in [2.24, 2.45) is 0 Å². The summed E-state index contributed by atoms with van der Waals surface area (Å²) in [6.07, 6.45) is 4.15. The molecule has 2 rings (SSSR count). The number of hydrogen-bond donors (Lipinski definition) is 1. The smallest absolute Gasteiger partial charge is 0.147 e. The Morgan fingerprint density at radius 2 is 2.36 bits per heavy atom. The van der Waals surface area contributed by atoms with E-state index in [1.165, 1.54) is 12.8 Å². The predicted octanol–water partition coefficient (Wildman–Crippen LogP) is 2.31. The largest absolute Gasteiger partial charge is 0.397 e. The van der Waals surface area contributed by atoms with Crippen LogP contribution in [0, 0.1) is 0 Å². The average molecular weight is 212 g/mol. The number of hydrogen-bond acceptors (Lipinski definition) is 3. The summed E-state index contributed by atoms with van der Waals surface area (Å²) in [5.74, 6) is 0.867. The summed E-state index contributed by atoms with van der Waals surface area (Å²) in [7, 11) is 0. The number of nitrogens with two attached hydrogens (primary N) is 1. The third kappa shape index (κ3) is 1.77. The van der Waals surface area contributed by atoms with E-state index in [1.807, 2.05) is 0 Å². The Morgan fingerprint density at radius 1 is 1.64 bits per heavy atom. The number of halogens is 1. The molecule has 0 atom stereocenters. The molecule has 1 aromatic heterocycles. The lowest BCUT2D eigenvalue weighted by Crippen LogP contribution is -2.26. The fourth-order valence-electron chi connectivity index (χ4n) is 1.62. The lowest BCUT2D eigenvalue weighted by atomic mass is 10.3. The van der Waals surface area contributed by atoms with Gasteiger partial charge in [0.25, 0.3) is 0 Å². The second kappa shape index (κ2) is 3.65. The molecule has 1 saturated carbocycles. The Kier molecular flexibility index (Phi) is 2.50. The minimum Gasteiger partial charge on any atom is -0.397 e. The molecule has 4 heteroatoms. The zero-order valence-electron chi connectivity index (χ0n) is 8.20. The van der Waals surface area contributed by atoms with Crippen LogP contribution in [0.2, 0.25) is 5.02 Å². The van der Waals surface area contributed by atoms with E-state index in [9.17, 15) is 0 Å². The summed E-state index contributed by atoms with van der Waals surface area (Å²) in [4.78, 5) is 6.52. The molecule has 0 bridgehead atoms. The molecule has 1 aliphatic rings. The van der Waals surface area contributed by atoms with Gasteiger partial charge < -0.3 is 10.6 Å². The van der Waals surface area contributed by atoms with Crippen LogP contribution in [0.25, 0.3) is 0 Å². The van der Waals surface area contributed by atoms with E-state index in [0.717, 1.165) is 12.4 Å². The van der Waals surface area contributed by atoms with Crippen LogP contribution in [0.3, 0.4) is 0 Å². The first kappa shape index (κ1) is 9.59. The van der Waals surface area contributed by atoms with Gasteiger partial charge >= 0.3 is 0 Å². The van der Waals surface area contributed by atoms with Crippen molar-refractivity contribution in [1.82, 2.24) is 4.98 Å². The molecule has 0 aromatic carbocycles. The Bertz CT molecular complexity index is 336. The lowest BCUT2D eigenvalue weighted by Gasteiger charge is -2.22. The molecule has 76 valence electrons. The molecule has 0 saturated heterocycles. The van der Waals surface area contributed by atoms with Crippen LogP contribution in [0.5, 0.6) is 0 Å². The molecule has 0 unspecified atom stereocenters. The molecule has 0 radical (unpaired) electrons. The highest BCUT2D eigenvalue weighted by Crippen LogP contribution is 2.34. The Hall–Kier alpha value is -0.960. The van der Waals surface area contributed by atoms with Crippen LogP contribution in [0.1, 0.15) is 19.8 Å². The summed E-state index contributed by atoms with van der Waals surface area (Å²) < 4.78 is 0. The van der Waals surface area contributed by atoms with Crippen molar-refractivity contribution in [2.45, 2.75) is 25.8 Å². The van der Waals surface area contributed by atoms with Gasteiger partial charge in [0.1, 0.15) is 5.82 Å². The van der Waals surface area contributed by atoms with Crippen LogP contribution in [-0.4, -0.2) is 17.6 Å². The maximum Gasteiger partial charge on any atom is 0.147 e. The number of nitrogen functional groups attached to an aromatic ring is 1. The van der Waals surface area contributed by atoms with Crippen LogP contribution in [0.4, 0.5) is 11.5 Å². The van der Waals surface area contributed by atoms with Crippen molar-refractivity contribution in [3.63, 3.8) is 0 Å². The van der Waals surface area contributed by atoms with E-state index in [-0.39, 0.29) is 0 Å². The maximum atomic E-state index is 6.09. The normalized spacial score (nSPS) is 15.6. The van der Waals surface area contributed by atoms with Crippen molar-refractivity contribution in [2.75, 3.05) is 17.2 Å². The van der Waals surface area contributed by atoms with Crippen molar-refractivity contribution in [3.8, 4) is 0 Å². The maximum absolute atomic E-state index is 6.09. The predicted molar refractivity (Wildman–Crippen MR) is 59.7 cm³/mol. The Morgan fingerprint density at radius 3 is 2.86 bits per heavy atom. The van der Waals surface area contributed by atoms with Crippen LogP contribution in [0.15, 0.2) is 12.3 Å². The summed E-state index contributed by atoms with van der Waals surface area (Å²) in [5.41, 5.74) is 6.21. The molecule has 0 amide bonds. The van der Waals surface area contributed by atoms with Gasteiger partial charge in [0, 0.05) is 12.6 Å². The van der Waals surface area contributed by atoms with Crippen molar-refractivity contribution in [1.29, 1.82) is 0 Å². The highest BCUT2D eigenvalue weighted by atomic mass is 35.5. The van der Waals surface area contributed by atoms with Gasteiger partial charge in [-0.25, -0.2) is 4.98 Å². The van der Waals surface area contributed by atoms with Gasteiger partial charge in [0.2, 0.25) is 0 Å². The highest BCUT2D eigenvalue weighted by Gasteiger charge is 2.29. The third-order valence-corrected chi connectivity index (χ3v) is 2.72. The number of rotatable bonds is 3. The summed E-state index contributed by atoms with van der Waals surface area (Å²) in [5, 5.41) is 0.652. The molecule has 1 heterocycles. The number of aromatic nitrogens is 1. The zero-order chi connectivity index (χ0) is 10.1. The first-order valence-electron chi connectivity index (χ1n) is 4.90. The van der Waals surface area contributed by atoms with Gasteiger partial charge in [-0.05, 0) is 25.8 Å². The standard InChI is InChI=1S/C10H14ClN3/c1-2-14(8-3-4-8)10-9(11)5-7(12)6-13-10/h5-6,8H,2-4,12H2,1H3. The summed E-state index contributed by atoms with van der Waals surface area (Å²) in [6, 6.07) is 2.39. The number of anilines is 2. The Labute approximate surface area is 88.9 Å². The average Bonchev–Trinajstić information content (AvgIpc) is 2.93. The van der Waals surface area contributed by atoms with Crippen LogP contribution < -0.4 is 10.6 Å². The molecule has 2 N–H and O–H groups in total. The van der Waals surface area contributed by atoms with Crippen molar-refractivity contribution in [3.05, 3.63) is 17.3 Å². The second-order valence-electron chi connectivity index (χ2n) is 3.59. The minimum atomic E-state index is 0.616. The fraction of sp³-hybridized carbons (Fsp3) is 0.500.